The van der Waals surface area contributed by atoms with Crippen molar-refractivity contribution < 1.29 is 23.8 Å². The number of halogens is 2. The van der Waals surface area contributed by atoms with E-state index >= 15 is 0 Å². The second kappa shape index (κ2) is 8.99. The summed E-state index contributed by atoms with van der Waals surface area (Å²) in [4.78, 5) is 34.8. The smallest absolute Gasteiger partial charge is 0.272 e. The van der Waals surface area contributed by atoms with E-state index in [1.165, 1.54) is 29.2 Å². The molecule has 0 bridgehead atoms. The van der Waals surface area contributed by atoms with Gasteiger partial charge in [-0.3, -0.25) is 14.5 Å². The van der Waals surface area contributed by atoms with Gasteiger partial charge in [0.05, 0.1) is 11.6 Å². The largest absolute Gasteiger partial charge is 0.507 e. The molecule has 1 aromatic heterocycles. The zero-order valence-electron chi connectivity index (χ0n) is 18.3. The Morgan fingerprint density at radius 1 is 1.36 bits per heavy atom. The van der Waals surface area contributed by atoms with Crippen molar-refractivity contribution in [3.8, 4) is 22.8 Å². The zero-order valence-corrected chi connectivity index (χ0v) is 19.1. The molecule has 1 N–H and O–H groups in total. The number of carbonyl (C=O) groups is 2. The summed E-state index contributed by atoms with van der Waals surface area (Å²) in [5.74, 6) is -1.40. The average molecular weight is 475 g/mol. The van der Waals surface area contributed by atoms with E-state index in [-0.39, 0.29) is 52.0 Å². The number of amides is 2. The first-order valence-electron chi connectivity index (χ1n) is 10.4. The number of hydrogen-bond acceptors (Lipinski definition) is 6. The van der Waals surface area contributed by atoms with Crippen molar-refractivity contribution >= 4 is 23.4 Å². The minimum Gasteiger partial charge on any atom is -0.507 e. The third-order valence-electron chi connectivity index (χ3n) is 5.90. The fourth-order valence-electron chi connectivity index (χ4n) is 4.15. The number of pyridine rings is 1. The summed E-state index contributed by atoms with van der Waals surface area (Å²) in [6.07, 6.45) is 1.28. The van der Waals surface area contributed by atoms with Gasteiger partial charge in [-0.05, 0) is 18.2 Å². The lowest BCUT2D eigenvalue weighted by Crippen LogP contribution is -2.55. The van der Waals surface area contributed by atoms with Gasteiger partial charge in [-0.15, -0.1) is 0 Å². The zero-order chi connectivity index (χ0) is 23.9. The van der Waals surface area contributed by atoms with Crippen molar-refractivity contribution in [2.24, 2.45) is 0 Å². The third-order valence-corrected chi connectivity index (χ3v) is 6.25. The van der Waals surface area contributed by atoms with Crippen LogP contribution in [0.5, 0.6) is 11.5 Å². The summed E-state index contributed by atoms with van der Waals surface area (Å²) < 4.78 is 20.7. The van der Waals surface area contributed by atoms with E-state index in [2.05, 4.69) is 16.5 Å². The van der Waals surface area contributed by atoms with Crippen molar-refractivity contribution in [3.63, 3.8) is 0 Å². The molecule has 3 heterocycles. The summed E-state index contributed by atoms with van der Waals surface area (Å²) in [6.45, 7) is 5.58. The van der Waals surface area contributed by atoms with E-state index in [1.54, 1.807) is 19.0 Å². The summed E-state index contributed by atoms with van der Waals surface area (Å²) in [7, 11) is 3.18. The Hall–Kier alpha value is -3.17. The topological polar surface area (TPSA) is 86.2 Å². The van der Waals surface area contributed by atoms with Crippen LogP contribution in [-0.4, -0.2) is 83.0 Å². The molecule has 1 saturated heterocycles. The minimum absolute atomic E-state index is 0.0135. The van der Waals surface area contributed by atoms with Crippen LogP contribution in [0.15, 0.2) is 30.9 Å². The predicted molar refractivity (Wildman–Crippen MR) is 121 cm³/mol. The fraction of sp³-hybridized carbons (Fsp3) is 0.348. The second-order valence-electron chi connectivity index (χ2n) is 8.19. The Labute approximate surface area is 195 Å². The molecule has 4 rings (SSSR count). The summed E-state index contributed by atoms with van der Waals surface area (Å²) in [6, 6.07) is 3.72. The maximum Gasteiger partial charge on any atom is 0.272 e. The Morgan fingerprint density at radius 3 is 2.79 bits per heavy atom. The first kappa shape index (κ1) is 23.0. The number of carbonyl (C=O) groups excluding carboxylic acids is 2. The Morgan fingerprint density at radius 2 is 2.12 bits per heavy atom. The van der Waals surface area contributed by atoms with Crippen molar-refractivity contribution in [2.45, 2.75) is 12.6 Å². The predicted octanol–water partition coefficient (Wildman–Crippen LogP) is 2.54. The molecule has 2 aliphatic rings. The van der Waals surface area contributed by atoms with Crippen molar-refractivity contribution in [1.29, 1.82) is 0 Å². The van der Waals surface area contributed by atoms with Gasteiger partial charge in [0, 0.05) is 45.8 Å². The van der Waals surface area contributed by atoms with Crippen LogP contribution in [0, 0.1) is 5.82 Å². The van der Waals surface area contributed by atoms with Gasteiger partial charge in [0.1, 0.15) is 40.3 Å². The highest BCUT2D eigenvalue weighted by Gasteiger charge is 2.36. The van der Waals surface area contributed by atoms with E-state index in [1.807, 2.05) is 0 Å². The van der Waals surface area contributed by atoms with Crippen LogP contribution in [0.2, 0.25) is 5.02 Å². The van der Waals surface area contributed by atoms with Gasteiger partial charge < -0.3 is 19.6 Å². The molecule has 0 radical (unpaired) electrons. The number of phenolic OH excluding ortho intramolecular Hbond substituents is 1. The van der Waals surface area contributed by atoms with Crippen LogP contribution in [0.3, 0.4) is 0 Å². The molecule has 2 aromatic rings. The van der Waals surface area contributed by atoms with Crippen LogP contribution in [0.4, 0.5) is 4.39 Å². The Bertz CT molecular complexity index is 1120. The molecule has 1 fully saturated rings. The summed E-state index contributed by atoms with van der Waals surface area (Å²) in [5.41, 5.74) is 0.289. The molecular weight excluding hydrogens is 451 g/mol. The van der Waals surface area contributed by atoms with Crippen LogP contribution in [0.1, 0.15) is 16.1 Å². The molecule has 0 aliphatic carbocycles. The highest BCUT2D eigenvalue weighted by molar-refractivity contribution is 6.35. The number of nitrogens with zero attached hydrogens (tertiary/aromatic N) is 4. The van der Waals surface area contributed by atoms with E-state index in [9.17, 15) is 19.1 Å². The van der Waals surface area contributed by atoms with Gasteiger partial charge in [-0.2, -0.15) is 0 Å². The average Bonchev–Trinajstić information content (AvgIpc) is 2.98. The molecule has 1 unspecified atom stereocenters. The molecule has 33 heavy (non-hydrogen) atoms. The number of phenols is 1. The molecule has 1 atom stereocenters. The first-order chi connectivity index (χ1) is 15.7. The van der Waals surface area contributed by atoms with Crippen LogP contribution in [-0.2, 0) is 11.3 Å². The lowest BCUT2D eigenvalue weighted by molar-refractivity contribution is -0.129. The lowest BCUT2D eigenvalue weighted by Gasteiger charge is -2.39. The lowest BCUT2D eigenvalue weighted by atomic mass is 10.0. The van der Waals surface area contributed by atoms with Crippen LogP contribution < -0.4 is 4.74 Å². The maximum atomic E-state index is 14.7. The summed E-state index contributed by atoms with van der Waals surface area (Å²) in [5, 5.41) is 10.3. The molecule has 1 aromatic carbocycles. The number of hydrogen-bond donors (Lipinski definition) is 1. The number of aromatic nitrogens is 1. The van der Waals surface area contributed by atoms with Gasteiger partial charge >= 0.3 is 0 Å². The second-order valence-corrected chi connectivity index (χ2v) is 8.57. The fourth-order valence-corrected chi connectivity index (χ4v) is 4.45. The number of piperazine rings is 1. The van der Waals surface area contributed by atoms with Gasteiger partial charge in [0.25, 0.3) is 5.91 Å². The number of fused-ring (bicyclic) bond motifs is 2. The normalized spacial score (nSPS) is 17.9. The van der Waals surface area contributed by atoms with Crippen LogP contribution in [0.25, 0.3) is 11.3 Å². The SMILES string of the molecule is C=CC(=O)N1CCN2Cc3c(C(=O)N(C)C)nc(-c4c(O)cccc4F)c(Cl)c3OCC2C1. The number of rotatable bonds is 3. The molecule has 0 saturated carbocycles. The monoisotopic (exact) mass is 474 g/mol. The van der Waals surface area contributed by atoms with E-state index in [0.717, 1.165) is 0 Å². The quantitative estimate of drug-likeness (QED) is 0.688. The van der Waals surface area contributed by atoms with Crippen molar-refractivity contribution in [3.05, 3.63) is 53.0 Å². The Kier molecular flexibility index (Phi) is 6.27. The van der Waals surface area contributed by atoms with Gasteiger partial charge in [0.2, 0.25) is 5.91 Å². The van der Waals surface area contributed by atoms with E-state index in [4.69, 9.17) is 16.3 Å². The third kappa shape index (κ3) is 4.14. The van der Waals surface area contributed by atoms with E-state index < -0.39 is 11.7 Å². The standard InChI is InChI=1S/C23H24ClFN4O4/c1-4-17(31)29-9-8-28-11-14-20(23(32)27(2)3)26-21(18-15(25)6-5-7-16(18)30)19(24)22(14)33-12-13(28)10-29/h4-7,13,30H,1,8-12H2,2-3H3. The van der Waals surface area contributed by atoms with E-state index in [0.29, 0.717) is 31.7 Å². The highest BCUT2D eigenvalue weighted by Crippen LogP contribution is 2.43. The maximum absolute atomic E-state index is 14.7. The Balaban J connectivity index is 1.83. The molecule has 8 nitrogen and oxygen atoms in total. The molecule has 0 spiro atoms. The van der Waals surface area contributed by atoms with Gasteiger partial charge in [-0.1, -0.05) is 24.2 Å². The van der Waals surface area contributed by atoms with Gasteiger partial charge in [-0.25, -0.2) is 9.37 Å². The molecular formula is C23H24ClFN4O4. The molecule has 10 heteroatoms. The van der Waals surface area contributed by atoms with Gasteiger partial charge in [0.15, 0.2) is 0 Å². The van der Waals surface area contributed by atoms with Crippen molar-refractivity contribution in [2.75, 3.05) is 40.3 Å². The first-order valence-corrected chi connectivity index (χ1v) is 10.8. The number of aromatic hydroxyl groups is 1. The van der Waals surface area contributed by atoms with Crippen LogP contribution >= 0.6 is 11.6 Å². The number of ether oxygens (including phenoxy) is 1. The van der Waals surface area contributed by atoms with Crippen molar-refractivity contribution in [1.82, 2.24) is 19.7 Å². The molecule has 174 valence electrons. The highest BCUT2D eigenvalue weighted by atomic mass is 35.5. The summed E-state index contributed by atoms with van der Waals surface area (Å²) >= 11 is 6.65. The number of benzene rings is 1. The molecule has 2 aliphatic heterocycles. The minimum atomic E-state index is -0.725. The molecule has 2 amide bonds.